The molecule has 0 atom stereocenters. The Morgan fingerprint density at radius 2 is 2.05 bits per heavy atom. The van der Waals surface area contributed by atoms with Gasteiger partial charge in [-0.1, -0.05) is 12.1 Å². The van der Waals surface area contributed by atoms with Gasteiger partial charge in [-0.25, -0.2) is 13.6 Å². The number of benzene rings is 1. The highest BCUT2D eigenvalue weighted by Crippen LogP contribution is 2.13. The zero-order chi connectivity index (χ0) is 16.0. The summed E-state index contributed by atoms with van der Waals surface area (Å²) < 4.78 is 31.4. The standard InChI is InChI=1S/C16H21F2NO2/c1-11-5-6-12(8-14(11)18)7-13(9-17)10-19-15(20)21-16(2,3)4/h5-6,8-9H,7,10H2,1-4H3,(H,19,20). The van der Waals surface area contributed by atoms with Crippen LogP contribution in [0, 0.1) is 12.7 Å². The number of nitrogens with one attached hydrogen (secondary N) is 1. The molecule has 0 saturated heterocycles. The third-order valence-electron chi connectivity index (χ3n) is 2.68. The largest absolute Gasteiger partial charge is 0.444 e. The molecule has 21 heavy (non-hydrogen) atoms. The van der Waals surface area contributed by atoms with E-state index >= 15 is 0 Å². The minimum atomic E-state index is -0.614. The summed E-state index contributed by atoms with van der Waals surface area (Å²) in [6.07, 6.45) is 0.0375. The quantitative estimate of drug-likeness (QED) is 0.910. The van der Waals surface area contributed by atoms with Crippen molar-refractivity contribution in [1.82, 2.24) is 5.32 Å². The number of carbonyl (C=O) groups is 1. The second kappa shape index (κ2) is 7.20. The van der Waals surface area contributed by atoms with Crippen LogP contribution < -0.4 is 5.32 Å². The van der Waals surface area contributed by atoms with Gasteiger partial charge in [0, 0.05) is 6.54 Å². The lowest BCUT2D eigenvalue weighted by molar-refractivity contribution is 0.0532. The molecule has 1 aromatic rings. The number of ether oxygens (including phenoxy) is 1. The third kappa shape index (κ3) is 6.38. The van der Waals surface area contributed by atoms with E-state index in [1.165, 1.54) is 6.07 Å². The van der Waals surface area contributed by atoms with Crippen LogP contribution in [-0.4, -0.2) is 18.2 Å². The lowest BCUT2D eigenvalue weighted by Crippen LogP contribution is -2.33. The molecule has 0 fully saturated rings. The second-order valence-corrected chi connectivity index (χ2v) is 5.88. The predicted molar refractivity (Wildman–Crippen MR) is 78.3 cm³/mol. The van der Waals surface area contributed by atoms with Crippen molar-refractivity contribution in [3.63, 3.8) is 0 Å². The Hall–Kier alpha value is -1.91. The van der Waals surface area contributed by atoms with E-state index in [1.54, 1.807) is 39.8 Å². The van der Waals surface area contributed by atoms with Gasteiger partial charge in [0.05, 0.1) is 6.33 Å². The van der Waals surface area contributed by atoms with Gasteiger partial charge in [0.1, 0.15) is 11.4 Å². The topological polar surface area (TPSA) is 38.3 Å². The third-order valence-corrected chi connectivity index (χ3v) is 2.68. The lowest BCUT2D eigenvalue weighted by atomic mass is 10.0. The van der Waals surface area contributed by atoms with Crippen LogP contribution in [0.4, 0.5) is 13.6 Å². The molecule has 0 aromatic heterocycles. The molecule has 0 aliphatic rings. The fourth-order valence-corrected chi connectivity index (χ4v) is 1.65. The zero-order valence-electron chi connectivity index (χ0n) is 12.8. The Bertz CT molecular complexity index is 534. The summed E-state index contributed by atoms with van der Waals surface area (Å²) in [5.41, 5.74) is 0.914. The molecule has 0 radical (unpaired) electrons. The summed E-state index contributed by atoms with van der Waals surface area (Å²) in [6.45, 7) is 6.91. The minimum absolute atomic E-state index is 0.0148. The summed E-state index contributed by atoms with van der Waals surface area (Å²) in [5, 5.41) is 2.47. The van der Waals surface area contributed by atoms with Crippen LogP contribution >= 0.6 is 0 Å². The Balaban J connectivity index is 2.56. The molecule has 0 saturated carbocycles. The molecule has 0 spiro atoms. The van der Waals surface area contributed by atoms with Crippen molar-refractivity contribution in [2.24, 2.45) is 0 Å². The number of halogens is 2. The van der Waals surface area contributed by atoms with Crippen molar-refractivity contribution in [1.29, 1.82) is 0 Å². The monoisotopic (exact) mass is 297 g/mol. The van der Waals surface area contributed by atoms with Gasteiger partial charge in [-0.05, 0) is 56.9 Å². The van der Waals surface area contributed by atoms with Crippen molar-refractivity contribution < 1.29 is 18.3 Å². The van der Waals surface area contributed by atoms with Gasteiger partial charge in [-0.2, -0.15) is 0 Å². The summed E-state index contributed by atoms with van der Waals surface area (Å²) in [7, 11) is 0. The van der Waals surface area contributed by atoms with Crippen LogP contribution in [0.15, 0.2) is 30.1 Å². The Labute approximate surface area is 124 Å². The molecular weight excluding hydrogens is 276 g/mol. The summed E-state index contributed by atoms with van der Waals surface area (Å²) in [4.78, 5) is 11.5. The lowest BCUT2D eigenvalue weighted by Gasteiger charge is -2.20. The molecule has 1 aromatic carbocycles. The van der Waals surface area contributed by atoms with Crippen LogP contribution in [-0.2, 0) is 11.2 Å². The van der Waals surface area contributed by atoms with Gasteiger partial charge in [-0.15, -0.1) is 0 Å². The first-order valence-electron chi connectivity index (χ1n) is 6.71. The van der Waals surface area contributed by atoms with Crippen molar-refractivity contribution in [2.45, 2.75) is 39.7 Å². The van der Waals surface area contributed by atoms with Gasteiger partial charge in [0.25, 0.3) is 0 Å². The number of carbonyl (C=O) groups excluding carboxylic acids is 1. The number of aryl methyl sites for hydroxylation is 1. The summed E-state index contributed by atoms with van der Waals surface area (Å²) >= 11 is 0. The molecule has 0 aliphatic heterocycles. The zero-order valence-corrected chi connectivity index (χ0v) is 12.8. The molecule has 5 heteroatoms. The smallest absolute Gasteiger partial charge is 0.407 e. The second-order valence-electron chi connectivity index (χ2n) is 5.88. The normalized spacial score (nSPS) is 12.2. The SMILES string of the molecule is Cc1ccc(CC(=CF)CNC(=O)OC(C)(C)C)cc1F. The van der Waals surface area contributed by atoms with Crippen molar-refractivity contribution in [3.8, 4) is 0 Å². The molecule has 1 N–H and O–H groups in total. The first-order chi connectivity index (χ1) is 9.71. The molecule has 0 heterocycles. The molecule has 0 unspecified atom stereocenters. The van der Waals surface area contributed by atoms with E-state index < -0.39 is 11.7 Å². The molecule has 1 rings (SSSR count). The van der Waals surface area contributed by atoms with E-state index in [0.29, 0.717) is 23.0 Å². The molecule has 116 valence electrons. The van der Waals surface area contributed by atoms with E-state index in [4.69, 9.17) is 4.74 Å². The summed E-state index contributed by atoms with van der Waals surface area (Å²) in [6, 6.07) is 4.74. The van der Waals surface area contributed by atoms with Crippen LogP contribution in [0.3, 0.4) is 0 Å². The van der Waals surface area contributed by atoms with E-state index in [2.05, 4.69) is 5.32 Å². The Kier molecular flexibility index (Phi) is 5.88. The maximum atomic E-state index is 13.4. The van der Waals surface area contributed by atoms with Crippen LogP contribution in [0.5, 0.6) is 0 Å². The highest BCUT2D eigenvalue weighted by molar-refractivity contribution is 5.68. The van der Waals surface area contributed by atoms with Crippen molar-refractivity contribution >= 4 is 6.09 Å². The van der Waals surface area contributed by atoms with Gasteiger partial charge in [0.15, 0.2) is 0 Å². The number of hydrogen-bond acceptors (Lipinski definition) is 2. The predicted octanol–water partition coefficient (Wildman–Crippen LogP) is 4.05. The molecule has 0 aliphatic carbocycles. The van der Waals surface area contributed by atoms with E-state index in [9.17, 15) is 13.6 Å². The van der Waals surface area contributed by atoms with Gasteiger partial charge in [0.2, 0.25) is 0 Å². The Morgan fingerprint density at radius 1 is 1.38 bits per heavy atom. The average molecular weight is 297 g/mol. The highest BCUT2D eigenvalue weighted by atomic mass is 19.1. The fourth-order valence-electron chi connectivity index (χ4n) is 1.65. The average Bonchev–Trinajstić information content (AvgIpc) is 2.36. The molecule has 0 bridgehead atoms. The maximum Gasteiger partial charge on any atom is 0.407 e. The first kappa shape index (κ1) is 17.1. The first-order valence-corrected chi connectivity index (χ1v) is 6.71. The highest BCUT2D eigenvalue weighted by Gasteiger charge is 2.16. The summed E-state index contributed by atoms with van der Waals surface area (Å²) in [5.74, 6) is -0.328. The number of rotatable bonds is 4. The van der Waals surface area contributed by atoms with E-state index in [1.807, 2.05) is 0 Å². The minimum Gasteiger partial charge on any atom is -0.444 e. The number of hydrogen-bond donors (Lipinski definition) is 1. The van der Waals surface area contributed by atoms with Crippen LogP contribution in [0.2, 0.25) is 0 Å². The molecule has 3 nitrogen and oxygen atoms in total. The molecule has 1 amide bonds. The van der Waals surface area contributed by atoms with E-state index in [0.717, 1.165) is 0 Å². The Morgan fingerprint density at radius 3 is 2.57 bits per heavy atom. The van der Waals surface area contributed by atoms with Gasteiger partial charge < -0.3 is 10.1 Å². The van der Waals surface area contributed by atoms with Gasteiger partial charge in [-0.3, -0.25) is 0 Å². The van der Waals surface area contributed by atoms with Crippen molar-refractivity contribution in [3.05, 3.63) is 47.0 Å². The number of amides is 1. The van der Waals surface area contributed by atoms with Crippen LogP contribution in [0.25, 0.3) is 0 Å². The van der Waals surface area contributed by atoms with E-state index in [-0.39, 0.29) is 18.8 Å². The molecular formula is C16H21F2NO2. The van der Waals surface area contributed by atoms with Gasteiger partial charge >= 0.3 is 6.09 Å². The maximum absolute atomic E-state index is 13.4. The number of alkyl carbamates (subject to hydrolysis) is 1. The van der Waals surface area contributed by atoms with Crippen LogP contribution in [0.1, 0.15) is 31.9 Å². The van der Waals surface area contributed by atoms with Crippen molar-refractivity contribution in [2.75, 3.05) is 6.54 Å². The fraction of sp³-hybridized carbons (Fsp3) is 0.438.